The highest BCUT2D eigenvalue weighted by Gasteiger charge is 2.39. The van der Waals surface area contributed by atoms with Crippen molar-refractivity contribution in [1.29, 1.82) is 0 Å². The highest BCUT2D eigenvalue weighted by atomic mass is 16.5. The van der Waals surface area contributed by atoms with Crippen molar-refractivity contribution in [3.8, 4) is 0 Å². The second-order valence-corrected chi connectivity index (χ2v) is 6.36. The molecule has 0 saturated heterocycles. The molecule has 2 aromatic rings. The van der Waals surface area contributed by atoms with Crippen LogP contribution >= 0.6 is 0 Å². The highest BCUT2D eigenvalue weighted by Crippen LogP contribution is 2.36. The second-order valence-electron chi connectivity index (χ2n) is 6.36. The van der Waals surface area contributed by atoms with Gasteiger partial charge in [0.05, 0.1) is 12.5 Å². The predicted octanol–water partition coefficient (Wildman–Crippen LogP) is 4.28. The quantitative estimate of drug-likeness (QED) is 0.809. The molecule has 0 spiro atoms. The normalized spacial score (nSPS) is 14.1. The zero-order chi connectivity index (χ0) is 16.9. The summed E-state index contributed by atoms with van der Waals surface area (Å²) in [5, 5.41) is 3.60. The molecule has 0 aliphatic carbocycles. The Morgan fingerprint density at radius 1 is 0.957 bits per heavy atom. The summed E-state index contributed by atoms with van der Waals surface area (Å²) in [6, 6.07) is 20.2. The molecule has 0 heterocycles. The van der Waals surface area contributed by atoms with Crippen molar-refractivity contribution in [2.75, 3.05) is 7.11 Å². The van der Waals surface area contributed by atoms with E-state index in [4.69, 9.17) is 4.74 Å². The van der Waals surface area contributed by atoms with Crippen molar-refractivity contribution in [1.82, 2.24) is 5.32 Å². The van der Waals surface area contributed by atoms with Gasteiger partial charge in [0.1, 0.15) is 0 Å². The van der Waals surface area contributed by atoms with Gasteiger partial charge in [-0.3, -0.25) is 4.79 Å². The molecule has 0 aliphatic rings. The Labute approximate surface area is 138 Å². The van der Waals surface area contributed by atoms with Crippen LogP contribution in [0.3, 0.4) is 0 Å². The molecule has 23 heavy (non-hydrogen) atoms. The molecule has 0 amide bonds. The van der Waals surface area contributed by atoms with Crippen LogP contribution in [0.4, 0.5) is 0 Å². The van der Waals surface area contributed by atoms with E-state index in [0.29, 0.717) is 0 Å². The van der Waals surface area contributed by atoms with Crippen LogP contribution in [0.15, 0.2) is 60.7 Å². The minimum absolute atomic E-state index is 0.116. The van der Waals surface area contributed by atoms with Crippen LogP contribution in [0.5, 0.6) is 0 Å². The van der Waals surface area contributed by atoms with Gasteiger partial charge in [0, 0.05) is 12.1 Å². The Kier molecular flexibility index (Phi) is 5.56. The predicted molar refractivity (Wildman–Crippen MR) is 93.0 cm³/mol. The number of rotatable bonds is 6. The molecule has 2 rings (SSSR count). The average Bonchev–Trinajstić information content (AvgIpc) is 2.60. The van der Waals surface area contributed by atoms with Gasteiger partial charge in [0.15, 0.2) is 0 Å². The third-order valence-corrected chi connectivity index (χ3v) is 4.28. The van der Waals surface area contributed by atoms with E-state index in [1.165, 1.54) is 12.7 Å². The van der Waals surface area contributed by atoms with E-state index >= 15 is 0 Å². The van der Waals surface area contributed by atoms with Crippen molar-refractivity contribution < 1.29 is 9.53 Å². The van der Waals surface area contributed by atoms with Crippen molar-refractivity contribution in [3.63, 3.8) is 0 Å². The lowest BCUT2D eigenvalue weighted by atomic mass is 9.79. The van der Waals surface area contributed by atoms with Crippen molar-refractivity contribution in [3.05, 3.63) is 71.8 Å². The van der Waals surface area contributed by atoms with Crippen molar-refractivity contribution in [2.24, 2.45) is 5.41 Å². The van der Waals surface area contributed by atoms with Gasteiger partial charge in [-0.25, -0.2) is 0 Å². The minimum Gasteiger partial charge on any atom is -0.469 e. The molecule has 0 bridgehead atoms. The van der Waals surface area contributed by atoms with Gasteiger partial charge in [0.2, 0.25) is 0 Å². The maximum absolute atomic E-state index is 12.3. The highest BCUT2D eigenvalue weighted by molar-refractivity contribution is 5.77. The lowest BCUT2D eigenvalue weighted by molar-refractivity contribution is -0.152. The zero-order valence-electron chi connectivity index (χ0n) is 14.2. The molecule has 0 radical (unpaired) electrons. The molecule has 0 unspecified atom stereocenters. The van der Waals surface area contributed by atoms with Gasteiger partial charge in [-0.15, -0.1) is 0 Å². The molecule has 0 fully saturated rings. The number of carbonyl (C=O) groups excluding carboxylic acids is 1. The first-order valence-electron chi connectivity index (χ1n) is 7.91. The Morgan fingerprint density at radius 3 is 1.91 bits per heavy atom. The van der Waals surface area contributed by atoms with E-state index in [1.807, 2.05) is 62.4 Å². The fourth-order valence-corrected chi connectivity index (χ4v) is 2.84. The van der Waals surface area contributed by atoms with E-state index in [9.17, 15) is 4.79 Å². The van der Waals surface area contributed by atoms with E-state index in [1.54, 1.807) is 0 Å². The standard InChI is InChI=1S/C20H25NO2/c1-15(16-11-7-5-8-12-16)21-18(17-13-9-6-10-14-17)20(2,3)19(22)23-4/h5-15,18,21H,1-4H3/t15-,18-/m1/s1. The summed E-state index contributed by atoms with van der Waals surface area (Å²) in [5.74, 6) is -0.223. The SMILES string of the molecule is COC(=O)C(C)(C)[C@H](N[C@H](C)c1ccccc1)c1ccccc1. The summed E-state index contributed by atoms with van der Waals surface area (Å²) >= 11 is 0. The molecule has 1 N–H and O–H groups in total. The smallest absolute Gasteiger partial charge is 0.313 e. The Morgan fingerprint density at radius 2 is 1.43 bits per heavy atom. The summed E-state index contributed by atoms with van der Waals surface area (Å²) < 4.78 is 5.03. The van der Waals surface area contributed by atoms with Gasteiger partial charge in [0.25, 0.3) is 0 Å². The van der Waals surface area contributed by atoms with Crippen LogP contribution in [-0.4, -0.2) is 13.1 Å². The third kappa shape index (κ3) is 3.99. The number of ether oxygens (including phenoxy) is 1. The zero-order valence-corrected chi connectivity index (χ0v) is 14.2. The first kappa shape index (κ1) is 17.2. The maximum Gasteiger partial charge on any atom is 0.313 e. The molecule has 0 aliphatic heterocycles. The number of carbonyl (C=O) groups is 1. The van der Waals surface area contributed by atoms with Gasteiger partial charge in [-0.05, 0) is 31.9 Å². The molecule has 2 aromatic carbocycles. The number of esters is 1. The Hall–Kier alpha value is -2.13. The molecule has 122 valence electrons. The van der Waals surface area contributed by atoms with E-state index in [0.717, 1.165) is 5.56 Å². The monoisotopic (exact) mass is 311 g/mol. The van der Waals surface area contributed by atoms with Gasteiger partial charge < -0.3 is 10.1 Å². The number of hydrogen-bond acceptors (Lipinski definition) is 3. The summed E-state index contributed by atoms with van der Waals surface area (Å²) in [6.45, 7) is 5.95. The Balaban J connectivity index is 2.33. The average molecular weight is 311 g/mol. The fraction of sp³-hybridized carbons (Fsp3) is 0.350. The largest absolute Gasteiger partial charge is 0.469 e. The molecule has 3 nitrogen and oxygen atoms in total. The van der Waals surface area contributed by atoms with E-state index in [2.05, 4.69) is 24.4 Å². The molecule has 0 saturated carbocycles. The fourth-order valence-electron chi connectivity index (χ4n) is 2.84. The maximum atomic E-state index is 12.3. The van der Waals surface area contributed by atoms with Gasteiger partial charge in [-0.2, -0.15) is 0 Å². The number of methoxy groups -OCH3 is 1. The third-order valence-electron chi connectivity index (χ3n) is 4.28. The van der Waals surface area contributed by atoms with Crippen LogP contribution in [0.25, 0.3) is 0 Å². The van der Waals surface area contributed by atoms with Crippen LogP contribution in [0.1, 0.15) is 44.0 Å². The van der Waals surface area contributed by atoms with Crippen LogP contribution in [-0.2, 0) is 9.53 Å². The van der Waals surface area contributed by atoms with Crippen molar-refractivity contribution in [2.45, 2.75) is 32.9 Å². The molecular formula is C20H25NO2. The number of nitrogens with one attached hydrogen (secondary N) is 1. The molecule has 0 aromatic heterocycles. The summed E-state index contributed by atoms with van der Waals surface area (Å²) in [6.07, 6.45) is 0. The van der Waals surface area contributed by atoms with Crippen molar-refractivity contribution >= 4 is 5.97 Å². The summed E-state index contributed by atoms with van der Waals surface area (Å²) in [5.41, 5.74) is 1.58. The summed E-state index contributed by atoms with van der Waals surface area (Å²) in [7, 11) is 1.44. The second kappa shape index (κ2) is 7.42. The first-order chi connectivity index (χ1) is 11.0. The topological polar surface area (TPSA) is 38.3 Å². The lowest BCUT2D eigenvalue weighted by Crippen LogP contribution is -2.41. The first-order valence-corrected chi connectivity index (χ1v) is 7.91. The minimum atomic E-state index is -0.681. The number of benzene rings is 2. The summed E-state index contributed by atoms with van der Waals surface area (Å²) in [4.78, 5) is 12.3. The van der Waals surface area contributed by atoms with Gasteiger partial charge >= 0.3 is 5.97 Å². The lowest BCUT2D eigenvalue weighted by Gasteiger charge is -2.35. The molecule has 2 atom stereocenters. The van der Waals surface area contributed by atoms with Crippen LogP contribution in [0.2, 0.25) is 0 Å². The Bertz CT molecular complexity index is 623. The van der Waals surface area contributed by atoms with Crippen LogP contribution in [0, 0.1) is 5.41 Å². The van der Waals surface area contributed by atoms with E-state index in [-0.39, 0.29) is 18.1 Å². The molecule has 3 heteroatoms. The van der Waals surface area contributed by atoms with Gasteiger partial charge in [-0.1, -0.05) is 60.7 Å². The number of hydrogen-bond donors (Lipinski definition) is 1. The molecular weight excluding hydrogens is 286 g/mol. The van der Waals surface area contributed by atoms with E-state index < -0.39 is 5.41 Å². The van der Waals surface area contributed by atoms with Crippen LogP contribution < -0.4 is 5.32 Å².